The lowest BCUT2D eigenvalue weighted by atomic mass is 10.1. The standard InChI is InChI=1S/C17H18N6OS/c1-10-14(5-6-15(18-10)12-7-8-25-9-12)17(24)19-11(2)16-20-21-22-23(16)13-3-4-13/h5-9,11,13H,3-4H2,1-2H3,(H,19,24). The fraction of sp³-hybridized carbons (Fsp3) is 0.353. The molecule has 3 heterocycles. The van der Waals surface area contributed by atoms with Crippen LogP contribution < -0.4 is 5.32 Å². The predicted octanol–water partition coefficient (Wildman–Crippen LogP) is 2.93. The van der Waals surface area contributed by atoms with Crippen LogP contribution in [0.1, 0.15) is 53.7 Å². The van der Waals surface area contributed by atoms with E-state index in [2.05, 4.69) is 25.8 Å². The summed E-state index contributed by atoms with van der Waals surface area (Å²) in [6.07, 6.45) is 2.18. The number of pyridine rings is 1. The van der Waals surface area contributed by atoms with Crippen LogP contribution in [-0.2, 0) is 0 Å². The molecule has 1 N–H and O–H groups in total. The first-order valence-corrected chi connectivity index (χ1v) is 9.16. The molecule has 8 heteroatoms. The third-order valence-electron chi connectivity index (χ3n) is 4.29. The van der Waals surface area contributed by atoms with Crippen molar-refractivity contribution in [3.05, 3.63) is 46.0 Å². The Morgan fingerprint density at radius 1 is 1.36 bits per heavy atom. The van der Waals surface area contributed by atoms with Gasteiger partial charge < -0.3 is 5.32 Å². The van der Waals surface area contributed by atoms with Gasteiger partial charge in [-0.1, -0.05) is 0 Å². The van der Waals surface area contributed by atoms with Crippen molar-refractivity contribution < 1.29 is 4.79 Å². The fourth-order valence-corrected chi connectivity index (χ4v) is 3.43. The number of nitrogens with one attached hydrogen (secondary N) is 1. The van der Waals surface area contributed by atoms with Gasteiger partial charge in [0.25, 0.3) is 5.91 Å². The summed E-state index contributed by atoms with van der Waals surface area (Å²) in [7, 11) is 0. The molecular weight excluding hydrogens is 336 g/mol. The second-order valence-corrected chi connectivity index (χ2v) is 7.03. The predicted molar refractivity (Wildman–Crippen MR) is 94.3 cm³/mol. The van der Waals surface area contributed by atoms with Crippen molar-refractivity contribution in [3.8, 4) is 11.3 Å². The summed E-state index contributed by atoms with van der Waals surface area (Å²) >= 11 is 1.63. The lowest BCUT2D eigenvalue weighted by Crippen LogP contribution is -2.29. The molecule has 4 rings (SSSR count). The van der Waals surface area contributed by atoms with E-state index in [0.717, 1.165) is 24.1 Å². The molecule has 0 aliphatic heterocycles. The van der Waals surface area contributed by atoms with Crippen molar-refractivity contribution in [3.63, 3.8) is 0 Å². The Hall–Kier alpha value is -2.61. The number of amides is 1. The number of rotatable bonds is 5. The van der Waals surface area contributed by atoms with E-state index in [1.807, 2.05) is 47.5 Å². The summed E-state index contributed by atoms with van der Waals surface area (Å²) in [5.41, 5.74) is 3.21. The maximum Gasteiger partial charge on any atom is 0.253 e. The van der Waals surface area contributed by atoms with Gasteiger partial charge in [0.1, 0.15) is 0 Å². The second-order valence-electron chi connectivity index (χ2n) is 6.25. The third-order valence-corrected chi connectivity index (χ3v) is 4.98. The Morgan fingerprint density at radius 2 is 2.20 bits per heavy atom. The number of thiophene rings is 1. The Balaban J connectivity index is 1.51. The van der Waals surface area contributed by atoms with Crippen LogP contribution in [-0.4, -0.2) is 31.1 Å². The Morgan fingerprint density at radius 3 is 2.88 bits per heavy atom. The van der Waals surface area contributed by atoms with Gasteiger partial charge in [0.05, 0.1) is 29.0 Å². The number of carbonyl (C=O) groups excluding carboxylic acids is 1. The lowest BCUT2D eigenvalue weighted by Gasteiger charge is -2.14. The van der Waals surface area contributed by atoms with Crippen LogP contribution in [0.3, 0.4) is 0 Å². The van der Waals surface area contributed by atoms with Gasteiger partial charge in [-0.3, -0.25) is 9.78 Å². The molecule has 0 saturated heterocycles. The summed E-state index contributed by atoms with van der Waals surface area (Å²) in [4.78, 5) is 17.2. The van der Waals surface area contributed by atoms with Crippen LogP contribution in [0.15, 0.2) is 29.0 Å². The van der Waals surface area contributed by atoms with E-state index in [1.165, 1.54) is 0 Å². The summed E-state index contributed by atoms with van der Waals surface area (Å²) < 4.78 is 1.82. The highest BCUT2D eigenvalue weighted by molar-refractivity contribution is 7.08. The number of nitrogens with zero attached hydrogens (tertiary/aromatic N) is 5. The minimum atomic E-state index is -0.265. The topological polar surface area (TPSA) is 85.6 Å². The largest absolute Gasteiger partial charge is 0.342 e. The minimum absolute atomic E-state index is 0.167. The molecule has 0 radical (unpaired) electrons. The summed E-state index contributed by atoms with van der Waals surface area (Å²) in [5, 5.41) is 18.9. The zero-order chi connectivity index (χ0) is 17.4. The van der Waals surface area contributed by atoms with E-state index < -0.39 is 0 Å². The molecule has 0 spiro atoms. The van der Waals surface area contributed by atoms with Crippen LogP contribution in [0.5, 0.6) is 0 Å². The molecule has 3 aromatic rings. The van der Waals surface area contributed by atoms with Crippen LogP contribution in [0.25, 0.3) is 11.3 Å². The Labute approximate surface area is 149 Å². The second kappa shape index (κ2) is 6.36. The van der Waals surface area contributed by atoms with Gasteiger partial charge >= 0.3 is 0 Å². The molecule has 0 aromatic carbocycles. The average Bonchev–Trinajstić information content (AvgIpc) is 3.11. The average molecular weight is 354 g/mol. The first-order valence-electron chi connectivity index (χ1n) is 8.22. The Kier molecular flexibility index (Phi) is 4.04. The van der Waals surface area contributed by atoms with E-state index in [0.29, 0.717) is 23.1 Å². The van der Waals surface area contributed by atoms with Gasteiger partial charge in [0.2, 0.25) is 0 Å². The summed E-state index contributed by atoms with van der Waals surface area (Å²) in [6.45, 7) is 3.74. The molecular formula is C17H18N6OS. The van der Waals surface area contributed by atoms with Gasteiger partial charge in [-0.05, 0) is 60.7 Å². The maximum atomic E-state index is 12.6. The highest BCUT2D eigenvalue weighted by Gasteiger charge is 2.30. The molecule has 1 atom stereocenters. The van der Waals surface area contributed by atoms with Gasteiger partial charge in [-0.2, -0.15) is 11.3 Å². The van der Waals surface area contributed by atoms with Crippen molar-refractivity contribution >= 4 is 17.2 Å². The molecule has 1 saturated carbocycles. The fourth-order valence-electron chi connectivity index (χ4n) is 2.78. The highest BCUT2D eigenvalue weighted by atomic mass is 32.1. The van der Waals surface area contributed by atoms with Crippen LogP contribution >= 0.6 is 11.3 Å². The first-order chi connectivity index (χ1) is 12.1. The zero-order valence-electron chi connectivity index (χ0n) is 14.0. The molecule has 1 aliphatic carbocycles. The van der Waals surface area contributed by atoms with Crippen molar-refractivity contribution in [1.82, 2.24) is 30.5 Å². The van der Waals surface area contributed by atoms with Crippen LogP contribution in [0.2, 0.25) is 0 Å². The molecule has 1 aliphatic rings. The van der Waals surface area contributed by atoms with Gasteiger partial charge in [0.15, 0.2) is 5.82 Å². The number of aromatic nitrogens is 5. The van der Waals surface area contributed by atoms with E-state index in [1.54, 1.807) is 11.3 Å². The van der Waals surface area contributed by atoms with Crippen molar-refractivity contribution in [2.45, 2.75) is 38.8 Å². The van der Waals surface area contributed by atoms with Crippen molar-refractivity contribution in [2.75, 3.05) is 0 Å². The van der Waals surface area contributed by atoms with E-state index in [-0.39, 0.29) is 11.9 Å². The highest BCUT2D eigenvalue weighted by Crippen LogP contribution is 2.35. The zero-order valence-corrected chi connectivity index (χ0v) is 14.8. The van der Waals surface area contributed by atoms with Crippen LogP contribution in [0.4, 0.5) is 0 Å². The van der Waals surface area contributed by atoms with Crippen molar-refractivity contribution in [1.29, 1.82) is 0 Å². The molecule has 0 bridgehead atoms. The normalized spacial score (nSPS) is 15.1. The maximum absolute atomic E-state index is 12.6. The van der Waals surface area contributed by atoms with E-state index in [4.69, 9.17) is 0 Å². The quantitative estimate of drug-likeness (QED) is 0.761. The molecule has 1 fully saturated rings. The molecule has 128 valence electrons. The summed E-state index contributed by atoms with van der Waals surface area (Å²) in [6, 6.07) is 5.83. The number of hydrogen-bond acceptors (Lipinski definition) is 6. The smallest absolute Gasteiger partial charge is 0.253 e. The van der Waals surface area contributed by atoms with Crippen LogP contribution in [0, 0.1) is 6.92 Å². The van der Waals surface area contributed by atoms with Crippen molar-refractivity contribution in [2.24, 2.45) is 0 Å². The molecule has 7 nitrogen and oxygen atoms in total. The first kappa shape index (κ1) is 15.9. The lowest BCUT2D eigenvalue weighted by molar-refractivity contribution is 0.0936. The van der Waals surface area contributed by atoms with Gasteiger partial charge in [0, 0.05) is 10.9 Å². The minimum Gasteiger partial charge on any atom is -0.342 e. The summed E-state index contributed by atoms with van der Waals surface area (Å²) in [5.74, 6) is 0.524. The van der Waals surface area contributed by atoms with E-state index in [9.17, 15) is 4.79 Å². The molecule has 1 amide bonds. The Bertz CT molecular complexity index is 900. The van der Waals surface area contributed by atoms with Gasteiger partial charge in [-0.15, -0.1) is 5.10 Å². The van der Waals surface area contributed by atoms with E-state index >= 15 is 0 Å². The van der Waals surface area contributed by atoms with Gasteiger partial charge in [-0.25, -0.2) is 4.68 Å². The number of hydrogen-bond donors (Lipinski definition) is 1. The molecule has 3 aromatic heterocycles. The monoisotopic (exact) mass is 354 g/mol. The number of carbonyl (C=O) groups is 1. The third kappa shape index (κ3) is 3.17. The molecule has 25 heavy (non-hydrogen) atoms. The molecule has 1 unspecified atom stereocenters. The number of aryl methyl sites for hydroxylation is 1. The number of tetrazole rings is 1. The SMILES string of the molecule is Cc1nc(-c2ccsc2)ccc1C(=O)NC(C)c1nnnn1C1CC1.